The number of nitrogens with one attached hydrogen (secondary N) is 2. The quantitative estimate of drug-likeness (QED) is 0.349. The first-order valence-corrected chi connectivity index (χ1v) is 20.7. The highest BCUT2D eigenvalue weighted by Gasteiger charge is 2.62. The van der Waals surface area contributed by atoms with Crippen LogP contribution in [-0.4, -0.2) is 151 Å². The van der Waals surface area contributed by atoms with Gasteiger partial charge in [-0.3, -0.25) is 19.3 Å². The summed E-state index contributed by atoms with van der Waals surface area (Å²) in [6.07, 6.45) is 13.1. The summed E-state index contributed by atoms with van der Waals surface area (Å²) >= 11 is 0. The van der Waals surface area contributed by atoms with Crippen LogP contribution in [0.2, 0.25) is 0 Å². The summed E-state index contributed by atoms with van der Waals surface area (Å²) in [6.45, 7) is 7.58. The van der Waals surface area contributed by atoms with Gasteiger partial charge in [0.15, 0.2) is 5.78 Å². The lowest BCUT2D eigenvalue weighted by Crippen LogP contribution is -2.73. The molecule has 0 bridgehead atoms. The predicted molar refractivity (Wildman–Crippen MR) is 188 cm³/mol. The van der Waals surface area contributed by atoms with Gasteiger partial charge in [0.1, 0.15) is 6.17 Å². The average molecular weight is 711 g/mol. The molecule has 12 atom stereocenters. The van der Waals surface area contributed by atoms with Crippen molar-refractivity contribution in [3.63, 3.8) is 0 Å². The fourth-order valence-electron chi connectivity index (χ4n) is 12.0. The fraction of sp³-hybridized carbons (Fsp3) is 0.872. The molecule has 2 N–H and O–H groups in total. The number of fused-ring (bicyclic) bond motifs is 5. The van der Waals surface area contributed by atoms with Gasteiger partial charge >= 0.3 is 0 Å². The van der Waals surface area contributed by atoms with Gasteiger partial charge in [-0.25, -0.2) is 4.39 Å². The van der Waals surface area contributed by atoms with E-state index in [2.05, 4.69) is 30.2 Å². The van der Waals surface area contributed by atoms with Crippen LogP contribution in [0, 0.1) is 17.8 Å². The van der Waals surface area contributed by atoms with Gasteiger partial charge in [-0.2, -0.15) is 0 Å². The first kappa shape index (κ1) is 34.6. The Morgan fingerprint density at radius 1 is 0.804 bits per heavy atom. The van der Waals surface area contributed by atoms with E-state index in [0.29, 0.717) is 44.0 Å². The molecule has 3 saturated carbocycles. The number of carbonyl (C=O) groups excluding carboxylic acids is 3. The van der Waals surface area contributed by atoms with Crippen molar-refractivity contribution in [1.29, 1.82) is 0 Å². The molecule has 12 heteroatoms. The lowest BCUT2D eigenvalue weighted by atomic mass is 9.67. The van der Waals surface area contributed by atoms with E-state index in [-0.39, 0.29) is 59.9 Å². The molecule has 2 amide bonds. The number of ketones is 1. The molecule has 0 aromatic heterocycles. The predicted octanol–water partition coefficient (Wildman–Crippen LogP) is 2.24. The fourth-order valence-corrected chi connectivity index (χ4v) is 12.0. The van der Waals surface area contributed by atoms with Crippen molar-refractivity contribution in [1.82, 2.24) is 30.2 Å². The Morgan fingerprint density at radius 3 is 2.37 bits per heavy atom. The minimum atomic E-state index is -1.27. The van der Waals surface area contributed by atoms with Crippen LogP contribution in [0.5, 0.6) is 0 Å². The molecule has 51 heavy (non-hydrogen) atoms. The highest BCUT2D eigenvalue weighted by Crippen LogP contribution is 2.53. The van der Waals surface area contributed by atoms with Gasteiger partial charge in [0.05, 0.1) is 48.1 Å². The molecule has 0 aromatic carbocycles. The van der Waals surface area contributed by atoms with Gasteiger partial charge < -0.3 is 34.8 Å². The molecule has 6 aliphatic heterocycles. The zero-order valence-corrected chi connectivity index (χ0v) is 30.3. The number of alkyl halides is 1. The van der Waals surface area contributed by atoms with Gasteiger partial charge in [0.25, 0.3) is 5.91 Å². The van der Waals surface area contributed by atoms with E-state index in [1.807, 2.05) is 6.20 Å². The number of ether oxygens (including phenoxy) is 2. The largest absolute Gasteiger partial charge is 0.374 e. The second-order valence-corrected chi connectivity index (χ2v) is 17.3. The number of halogens is 1. The lowest BCUT2D eigenvalue weighted by Gasteiger charge is -2.61. The number of hydrogen-bond donors (Lipinski definition) is 2. The second-order valence-electron chi connectivity index (χ2n) is 17.3. The van der Waals surface area contributed by atoms with E-state index in [9.17, 15) is 14.4 Å². The Bertz CT molecular complexity index is 1350. The van der Waals surface area contributed by atoms with Crippen LogP contribution in [0.3, 0.4) is 0 Å². The number of carbonyl (C=O) groups is 3. The minimum absolute atomic E-state index is 0.0197. The van der Waals surface area contributed by atoms with Crippen molar-refractivity contribution in [3.05, 3.63) is 11.8 Å². The summed E-state index contributed by atoms with van der Waals surface area (Å²) in [7, 11) is 0. The SMILES string of the molecule is O=C(CCN1CCCC1)N[C@@H]1CCN(C2C(F)CC3C(=O)C(C(=O)NCCN4CCCC4)=CN4C5CC6OC7CCCCC7C6CC5OC2C34)C1. The van der Waals surface area contributed by atoms with E-state index in [4.69, 9.17) is 9.47 Å². The molecule has 0 aromatic rings. The van der Waals surface area contributed by atoms with Crippen LogP contribution in [-0.2, 0) is 23.9 Å². The zero-order chi connectivity index (χ0) is 34.6. The summed E-state index contributed by atoms with van der Waals surface area (Å²) in [5, 5.41) is 6.29. The van der Waals surface area contributed by atoms with Gasteiger partial charge in [0.2, 0.25) is 5.91 Å². The van der Waals surface area contributed by atoms with E-state index >= 15 is 4.39 Å². The highest BCUT2D eigenvalue weighted by molar-refractivity contribution is 6.20. The topological polar surface area (TPSA) is 107 Å². The lowest BCUT2D eigenvalue weighted by molar-refractivity contribution is -0.220. The second kappa shape index (κ2) is 14.6. The molecule has 9 aliphatic rings. The third-order valence-electron chi connectivity index (χ3n) is 14.4. The summed E-state index contributed by atoms with van der Waals surface area (Å²) in [5.41, 5.74) is 0.170. The van der Waals surface area contributed by atoms with Crippen molar-refractivity contribution in [2.45, 2.75) is 138 Å². The number of nitrogens with zero attached hydrogens (tertiary/aromatic N) is 4. The molecule has 282 valence electrons. The first-order valence-electron chi connectivity index (χ1n) is 20.7. The van der Waals surface area contributed by atoms with Crippen molar-refractivity contribution < 1.29 is 28.2 Å². The number of Topliss-reactive ketones (excluding diaryl/α,β-unsaturated/α-hetero) is 1. The Hall–Kier alpha value is -2.12. The van der Waals surface area contributed by atoms with Crippen molar-refractivity contribution >= 4 is 17.6 Å². The van der Waals surface area contributed by atoms with Gasteiger partial charge in [-0.15, -0.1) is 0 Å². The number of hydrogen-bond acceptors (Lipinski definition) is 9. The summed E-state index contributed by atoms with van der Waals surface area (Å²) < 4.78 is 30.6. The Kier molecular flexibility index (Phi) is 9.92. The summed E-state index contributed by atoms with van der Waals surface area (Å²) in [5.74, 6) is -0.163. The van der Waals surface area contributed by atoms with Crippen LogP contribution >= 0.6 is 0 Å². The van der Waals surface area contributed by atoms with E-state index in [0.717, 1.165) is 65.0 Å². The van der Waals surface area contributed by atoms with E-state index in [1.165, 1.54) is 44.9 Å². The number of morpholine rings is 1. The summed E-state index contributed by atoms with van der Waals surface area (Å²) in [6, 6.07) is -0.871. The average Bonchev–Trinajstić information content (AvgIpc) is 3.96. The van der Waals surface area contributed by atoms with Gasteiger partial charge in [-0.1, -0.05) is 12.8 Å². The normalized spacial score (nSPS) is 42.6. The van der Waals surface area contributed by atoms with Gasteiger partial charge in [-0.05, 0) is 102 Å². The molecule has 8 fully saturated rings. The third kappa shape index (κ3) is 6.67. The molecular formula is C39H59FN6O5. The molecule has 9 rings (SSSR count). The third-order valence-corrected chi connectivity index (χ3v) is 14.4. The smallest absolute Gasteiger partial charge is 0.256 e. The van der Waals surface area contributed by atoms with Crippen LogP contribution in [0.4, 0.5) is 4.39 Å². The molecular weight excluding hydrogens is 651 g/mol. The number of rotatable bonds is 9. The number of amides is 2. The monoisotopic (exact) mass is 710 g/mol. The van der Waals surface area contributed by atoms with Crippen LogP contribution in [0.15, 0.2) is 11.8 Å². The van der Waals surface area contributed by atoms with Crippen molar-refractivity contribution in [2.24, 2.45) is 17.8 Å². The molecule has 6 heterocycles. The Labute approximate surface area is 302 Å². The van der Waals surface area contributed by atoms with Crippen molar-refractivity contribution in [2.75, 3.05) is 58.9 Å². The maximum atomic E-state index is 16.7. The van der Waals surface area contributed by atoms with E-state index in [1.54, 1.807) is 0 Å². The maximum Gasteiger partial charge on any atom is 0.256 e. The van der Waals surface area contributed by atoms with Crippen LogP contribution in [0.25, 0.3) is 0 Å². The molecule has 11 unspecified atom stereocenters. The molecule has 5 saturated heterocycles. The maximum absolute atomic E-state index is 16.7. The molecule has 0 radical (unpaired) electrons. The summed E-state index contributed by atoms with van der Waals surface area (Å²) in [4.78, 5) is 50.0. The van der Waals surface area contributed by atoms with E-state index < -0.39 is 24.2 Å². The van der Waals surface area contributed by atoms with Gasteiger partial charge in [0, 0.05) is 57.3 Å². The van der Waals surface area contributed by atoms with Crippen LogP contribution in [0.1, 0.15) is 83.5 Å². The molecule has 3 aliphatic carbocycles. The minimum Gasteiger partial charge on any atom is -0.374 e. The molecule has 11 nitrogen and oxygen atoms in total. The number of likely N-dealkylation sites (tertiary alicyclic amines) is 3. The van der Waals surface area contributed by atoms with Crippen LogP contribution < -0.4 is 10.6 Å². The molecule has 0 spiro atoms. The standard InChI is InChI=1S/C39H59FN6O5/c40-29-19-27-35-38(36(29)45-17-9-24(22-45)42-34(47)10-16-43-12-3-4-13-43)51-33-20-26-25-7-1-2-8-31(25)50-32(26)21-30(33)46(35)23-28(37(27)48)39(49)41-11-18-44-14-5-6-15-44/h23-27,29-33,35-36,38H,1-22H2,(H,41,49)(H,42,47)/t24-,25?,26?,27?,29?,30?,31?,32?,33?,35?,36?,38?/m1/s1. The Morgan fingerprint density at radius 2 is 1.57 bits per heavy atom. The first-order chi connectivity index (χ1) is 24.9. The Balaban J connectivity index is 0.943. The van der Waals surface area contributed by atoms with Crippen molar-refractivity contribution in [3.8, 4) is 0 Å². The highest BCUT2D eigenvalue weighted by atomic mass is 19.1. The zero-order valence-electron chi connectivity index (χ0n) is 30.3.